The number of carbonyl (C=O) groups is 1. The van der Waals surface area contributed by atoms with Gasteiger partial charge in [0.15, 0.2) is 28.9 Å². The van der Waals surface area contributed by atoms with Crippen molar-refractivity contribution in [3.63, 3.8) is 0 Å². The van der Waals surface area contributed by atoms with E-state index >= 15 is 0 Å². The van der Waals surface area contributed by atoms with Gasteiger partial charge in [-0.2, -0.15) is 0 Å². The molecule has 0 spiro atoms. The van der Waals surface area contributed by atoms with Crippen molar-refractivity contribution in [2.24, 2.45) is 5.73 Å². The molecule has 0 radical (unpaired) electrons. The third kappa shape index (κ3) is 1.89. The number of hydrogen-bond donors (Lipinski definition) is 2. The molecule has 0 aliphatic carbocycles. The number of Topliss-reactive ketones (excluding diaryl/α,β-unsaturated/α-hetero) is 1. The molecule has 3 N–H and O–H groups in total. The van der Waals surface area contributed by atoms with E-state index in [0.29, 0.717) is 0 Å². The van der Waals surface area contributed by atoms with Crippen LogP contribution in [0.5, 0.6) is 11.5 Å². The number of ketones is 1. The number of phenols is 1. The Bertz CT molecular complexity index is 407. The van der Waals surface area contributed by atoms with Crippen molar-refractivity contribution < 1.29 is 23.4 Å². The smallest absolute Gasteiger partial charge is 0.182 e. The van der Waals surface area contributed by atoms with Gasteiger partial charge >= 0.3 is 0 Å². The second kappa shape index (κ2) is 4.22. The van der Waals surface area contributed by atoms with E-state index in [1.165, 1.54) is 0 Å². The first-order valence-electron chi connectivity index (χ1n) is 4.01. The Morgan fingerprint density at radius 1 is 1.53 bits per heavy atom. The molecular formula is C9H9F2NO3. The van der Waals surface area contributed by atoms with Crippen LogP contribution in [-0.2, 0) is 0 Å². The van der Waals surface area contributed by atoms with E-state index in [1.54, 1.807) is 0 Å². The number of phenolic OH excluding ortho intramolecular Hbond substituents is 1. The predicted molar refractivity (Wildman–Crippen MR) is 48.0 cm³/mol. The van der Waals surface area contributed by atoms with Crippen LogP contribution in [0.4, 0.5) is 8.78 Å². The molecule has 0 fully saturated rings. The summed E-state index contributed by atoms with van der Waals surface area (Å²) in [6.45, 7) is -0.555. The van der Waals surface area contributed by atoms with Gasteiger partial charge < -0.3 is 15.6 Å². The molecule has 0 unspecified atom stereocenters. The third-order valence-electron chi connectivity index (χ3n) is 1.83. The number of halogens is 2. The molecule has 0 aliphatic heterocycles. The Kier molecular flexibility index (Phi) is 3.21. The monoisotopic (exact) mass is 217 g/mol. The molecule has 0 aromatic heterocycles. The number of hydrogen-bond acceptors (Lipinski definition) is 4. The summed E-state index contributed by atoms with van der Waals surface area (Å²) in [7, 11) is 1.13. The van der Waals surface area contributed by atoms with Crippen LogP contribution in [0.25, 0.3) is 0 Å². The van der Waals surface area contributed by atoms with Gasteiger partial charge in [0, 0.05) is 6.07 Å². The summed E-state index contributed by atoms with van der Waals surface area (Å²) >= 11 is 0. The quantitative estimate of drug-likeness (QED) is 0.735. The number of rotatable bonds is 3. The van der Waals surface area contributed by atoms with Crippen LogP contribution in [0.2, 0.25) is 0 Å². The first kappa shape index (κ1) is 11.4. The highest BCUT2D eigenvalue weighted by atomic mass is 19.1. The average molecular weight is 217 g/mol. The molecule has 0 saturated carbocycles. The second-order valence-corrected chi connectivity index (χ2v) is 2.73. The summed E-state index contributed by atoms with van der Waals surface area (Å²) < 4.78 is 31.1. The topological polar surface area (TPSA) is 72.5 Å². The number of carbonyl (C=O) groups excluding carboxylic acids is 1. The van der Waals surface area contributed by atoms with Gasteiger partial charge in [-0.15, -0.1) is 0 Å². The Balaban J connectivity index is 3.47. The van der Waals surface area contributed by atoms with Gasteiger partial charge in [0.05, 0.1) is 19.2 Å². The molecule has 0 amide bonds. The molecule has 0 aliphatic rings. The molecule has 6 heteroatoms. The van der Waals surface area contributed by atoms with Crippen molar-refractivity contribution in [2.75, 3.05) is 13.7 Å². The second-order valence-electron chi connectivity index (χ2n) is 2.73. The Hall–Kier alpha value is -1.69. The highest BCUT2D eigenvalue weighted by molar-refractivity contribution is 5.98. The molecule has 1 aromatic carbocycles. The minimum atomic E-state index is -1.33. The van der Waals surface area contributed by atoms with Gasteiger partial charge in [-0.1, -0.05) is 0 Å². The molecule has 82 valence electrons. The first-order chi connectivity index (χ1) is 7.02. The van der Waals surface area contributed by atoms with Gasteiger partial charge in [-0.05, 0) is 0 Å². The van der Waals surface area contributed by atoms with Crippen molar-refractivity contribution in [3.8, 4) is 11.5 Å². The van der Waals surface area contributed by atoms with Crippen LogP contribution >= 0.6 is 0 Å². The molecule has 1 aromatic rings. The van der Waals surface area contributed by atoms with Crippen LogP contribution in [0, 0.1) is 11.6 Å². The van der Waals surface area contributed by atoms with Gasteiger partial charge in [-0.3, -0.25) is 4.79 Å². The lowest BCUT2D eigenvalue weighted by atomic mass is 10.1. The average Bonchev–Trinajstić information content (AvgIpc) is 2.23. The highest BCUT2D eigenvalue weighted by Gasteiger charge is 2.23. The van der Waals surface area contributed by atoms with Crippen LogP contribution in [0.15, 0.2) is 6.07 Å². The number of aromatic hydroxyl groups is 1. The van der Waals surface area contributed by atoms with Crippen LogP contribution < -0.4 is 10.5 Å². The summed E-state index contributed by atoms with van der Waals surface area (Å²) in [4.78, 5) is 11.1. The largest absolute Gasteiger partial charge is 0.505 e. The zero-order valence-corrected chi connectivity index (χ0v) is 7.88. The summed E-state index contributed by atoms with van der Waals surface area (Å²) in [5.74, 6) is -4.71. The van der Waals surface area contributed by atoms with Gasteiger partial charge in [0.1, 0.15) is 0 Å². The van der Waals surface area contributed by atoms with E-state index < -0.39 is 41.0 Å². The lowest BCUT2D eigenvalue weighted by molar-refractivity contribution is 0.0991. The zero-order valence-electron chi connectivity index (χ0n) is 7.88. The van der Waals surface area contributed by atoms with Crippen molar-refractivity contribution in [3.05, 3.63) is 23.3 Å². The molecule has 0 heterocycles. The van der Waals surface area contributed by atoms with E-state index in [0.717, 1.165) is 13.2 Å². The van der Waals surface area contributed by atoms with Crippen molar-refractivity contribution >= 4 is 5.78 Å². The predicted octanol–water partition coefficient (Wildman–Crippen LogP) is 0.820. The first-order valence-corrected chi connectivity index (χ1v) is 4.01. The van der Waals surface area contributed by atoms with E-state index in [2.05, 4.69) is 4.74 Å². The standard InChI is InChI=1S/C9H9F2NO3/c1-15-6-2-4(13)8(10)7(9(6)11)5(14)3-12/h2,13H,3,12H2,1H3. The molecular weight excluding hydrogens is 208 g/mol. The van der Waals surface area contributed by atoms with Crippen LogP contribution in [0.3, 0.4) is 0 Å². The fourth-order valence-corrected chi connectivity index (χ4v) is 1.09. The summed E-state index contributed by atoms with van der Waals surface area (Å²) in [5.41, 5.74) is 4.10. The lowest BCUT2D eigenvalue weighted by Crippen LogP contribution is -2.17. The molecule has 0 saturated heterocycles. The fraction of sp³-hybridized carbons (Fsp3) is 0.222. The maximum absolute atomic E-state index is 13.4. The Labute approximate surface area is 84.3 Å². The van der Waals surface area contributed by atoms with E-state index in [9.17, 15) is 13.6 Å². The Morgan fingerprint density at radius 3 is 2.60 bits per heavy atom. The highest BCUT2D eigenvalue weighted by Crippen LogP contribution is 2.30. The third-order valence-corrected chi connectivity index (χ3v) is 1.83. The number of benzene rings is 1. The lowest BCUT2D eigenvalue weighted by Gasteiger charge is -2.08. The van der Waals surface area contributed by atoms with Crippen molar-refractivity contribution in [2.45, 2.75) is 0 Å². The van der Waals surface area contributed by atoms with Crippen LogP contribution in [-0.4, -0.2) is 24.5 Å². The summed E-state index contributed by atoms with van der Waals surface area (Å²) in [6, 6.07) is 0.748. The molecule has 1 rings (SSSR count). The van der Waals surface area contributed by atoms with Crippen LogP contribution in [0.1, 0.15) is 10.4 Å². The fourth-order valence-electron chi connectivity index (χ4n) is 1.09. The normalized spacial score (nSPS) is 10.1. The maximum Gasteiger partial charge on any atom is 0.182 e. The zero-order chi connectivity index (χ0) is 11.6. The SMILES string of the molecule is COc1cc(O)c(F)c(C(=O)CN)c1F. The number of methoxy groups -OCH3 is 1. The minimum absolute atomic E-state index is 0.411. The van der Waals surface area contributed by atoms with Crippen molar-refractivity contribution in [1.82, 2.24) is 0 Å². The maximum atomic E-state index is 13.4. The Morgan fingerprint density at radius 2 is 2.13 bits per heavy atom. The van der Waals surface area contributed by atoms with Crippen molar-refractivity contribution in [1.29, 1.82) is 0 Å². The molecule has 0 atom stereocenters. The molecule has 4 nitrogen and oxygen atoms in total. The molecule has 15 heavy (non-hydrogen) atoms. The minimum Gasteiger partial charge on any atom is -0.505 e. The van der Waals surface area contributed by atoms with Gasteiger partial charge in [-0.25, -0.2) is 8.78 Å². The van der Waals surface area contributed by atoms with Gasteiger partial charge in [0.2, 0.25) is 0 Å². The molecule has 0 bridgehead atoms. The van der Waals surface area contributed by atoms with Gasteiger partial charge in [0.25, 0.3) is 0 Å². The van der Waals surface area contributed by atoms with E-state index in [4.69, 9.17) is 10.8 Å². The van der Waals surface area contributed by atoms with E-state index in [-0.39, 0.29) is 0 Å². The number of ether oxygens (including phenoxy) is 1. The van der Waals surface area contributed by atoms with E-state index in [1.807, 2.05) is 0 Å². The number of nitrogens with two attached hydrogens (primary N) is 1. The summed E-state index contributed by atoms with van der Waals surface area (Å²) in [6.07, 6.45) is 0. The summed E-state index contributed by atoms with van der Waals surface area (Å²) in [5, 5.41) is 9.07.